The molecule has 1 saturated heterocycles. The van der Waals surface area contributed by atoms with Gasteiger partial charge >= 0.3 is 12.1 Å². The van der Waals surface area contributed by atoms with Crippen LogP contribution in [0.4, 0.5) is 26.5 Å². The summed E-state index contributed by atoms with van der Waals surface area (Å²) >= 11 is 0. The number of benzene rings is 1. The number of aromatic nitrogens is 2. The van der Waals surface area contributed by atoms with Crippen molar-refractivity contribution in [2.24, 2.45) is 5.92 Å². The second-order valence-electron chi connectivity index (χ2n) is 9.15. The molecule has 1 aliphatic heterocycles. The minimum Gasteiger partial charge on any atom is -0.478 e. The summed E-state index contributed by atoms with van der Waals surface area (Å²) in [5, 5.41) is 11.9. The van der Waals surface area contributed by atoms with E-state index in [1.54, 1.807) is 11.0 Å². The van der Waals surface area contributed by atoms with E-state index < -0.39 is 23.0 Å². The van der Waals surface area contributed by atoms with E-state index in [4.69, 9.17) is 9.84 Å². The van der Waals surface area contributed by atoms with Crippen molar-refractivity contribution in [1.29, 1.82) is 0 Å². The van der Waals surface area contributed by atoms with E-state index in [0.717, 1.165) is 19.4 Å². The molecule has 10 heteroatoms. The van der Waals surface area contributed by atoms with Gasteiger partial charge in [0.25, 0.3) is 0 Å². The lowest BCUT2D eigenvalue weighted by atomic mass is 9.96. The minimum absolute atomic E-state index is 0.0247. The van der Waals surface area contributed by atoms with Crippen LogP contribution in [-0.2, 0) is 4.74 Å². The van der Waals surface area contributed by atoms with Crippen molar-refractivity contribution >= 4 is 29.4 Å². The van der Waals surface area contributed by atoms with Crippen LogP contribution >= 0.6 is 0 Å². The fourth-order valence-corrected chi connectivity index (χ4v) is 3.66. The lowest BCUT2D eigenvalue weighted by molar-refractivity contribution is 0.0186. The predicted octanol–water partition coefficient (Wildman–Crippen LogP) is 4.14. The molecule has 0 aliphatic carbocycles. The van der Waals surface area contributed by atoms with Gasteiger partial charge in [0.15, 0.2) is 5.82 Å². The summed E-state index contributed by atoms with van der Waals surface area (Å²) in [7, 11) is 1.91. The van der Waals surface area contributed by atoms with Gasteiger partial charge in [0.1, 0.15) is 23.6 Å². The van der Waals surface area contributed by atoms with Gasteiger partial charge in [0.2, 0.25) is 0 Å². The number of nitrogens with one attached hydrogen (secondary N) is 1. The number of amides is 1. The van der Waals surface area contributed by atoms with Crippen LogP contribution in [0, 0.1) is 11.7 Å². The molecule has 2 aromatic rings. The van der Waals surface area contributed by atoms with E-state index in [1.807, 2.05) is 32.7 Å². The first-order valence-corrected chi connectivity index (χ1v) is 10.8. The summed E-state index contributed by atoms with van der Waals surface area (Å²) in [6.07, 6.45) is 2.80. The normalized spacial score (nSPS) is 14.6. The molecule has 0 atom stereocenters. The molecule has 0 radical (unpaired) electrons. The lowest BCUT2D eigenvalue weighted by Crippen LogP contribution is -2.43. The van der Waals surface area contributed by atoms with Gasteiger partial charge in [-0.05, 0) is 51.7 Å². The maximum Gasteiger partial charge on any atom is 0.410 e. The molecule has 0 saturated carbocycles. The van der Waals surface area contributed by atoms with Crippen molar-refractivity contribution in [3.05, 3.63) is 42.0 Å². The number of carboxylic acids is 1. The highest BCUT2D eigenvalue weighted by Crippen LogP contribution is 2.25. The first kappa shape index (κ1) is 24.2. The molecule has 0 spiro atoms. The molecule has 1 aromatic heterocycles. The molecule has 3 rings (SSSR count). The quantitative estimate of drug-likeness (QED) is 0.664. The molecule has 1 amide bonds. The zero-order chi connectivity index (χ0) is 24.2. The minimum atomic E-state index is -1.34. The largest absolute Gasteiger partial charge is 0.478 e. The maximum absolute atomic E-state index is 14.4. The number of carboxylic acid groups (broad SMARTS) is 1. The zero-order valence-electron chi connectivity index (χ0n) is 19.3. The summed E-state index contributed by atoms with van der Waals surface area (Å²) < 4.78 is 19.9. The van der Waals surface area contributed by atoms with E-state index in [0.29, 0.717) is 30.6 Å². The summed E-state index contributed by atoms with van der Waals surface area (Å²) in [5.41, 5.74) is -0.897. The van der Waals surface area contributed by atoms with E-state index in [2.05, 4.69) is 15.3 Å². The topological polar surface area (TPSA) is 108 Å². The maximum atomic E-state index is 14.4. The predicted molar refractivity (Wildman–Crippen MR) is 122 cm³/mol. The number of hydrogen-bond acceptors (Lipinski definition) is 7. The van der Waals surface area contributed by atoms with Crippen LogP contribution in [0.3, 0.4) is 0 Å². The van der Waals surface area contributed by atoms with Gasteiger partial charge in [-0.3, -0.25) is 0 Å². The third kappa shape index (κ3) is 6.53. The molecule has 2 heterocycles. The van der Waals surface area contributed by atoms with Crippen molar-refractivity contribution in [3.63, 3.8) is 0 Å². The average Bonchev–Trinajstić information content (AvgIpc) is 2.74. The van der Waals surface area contributed by atoms with Crippen molar-refractivity contribution in [1.82, 2.24) is 14.9 Å². The Morgan fingerprint density at radius 2 is 1.97 bits per heavy atom. The number of carbonyl (C=O) groups excluding carboxylic acids is 1. The number of nitrogens with zero attached hydrogens (tertiary/aromatic N) is 4. The highest BCUT2D eigenvalue weighted by atomic mass is 19.1. The molecule has 0 unspecified atom stereocenters. The van der Waals surface area contributed by atoms with E-state index in [1.165, 1.54) is 24.5 Å². The molecule has 178 valence electrons. The number of piperidine rings is 1. The smallest absolute Gasteiger partial charge is 0.410 e. The number of hydrogen-bond donors (Lipinski definition) is 2. The number of carbonyl (C=O) groups is 2. The average molecular weight is 460 g/mol. The number of aromatic carboxylic acids is 1. The van der Waals surface area contributed by atoms with Gasteiger partial charge in [-0.15, -0.1) is 0 Å². The van der Waals surface area contributed by atoms with Crippen LogP contribution in [0.25, 0.3) is 0 Å². The zero-order valence-corrected chi connectivity index (χ0v) is 19.3. The lowest BCUT2D eigenvalue weighted by Gasteiger charge is -2.35. The summed E-state index contributed by atoms with van der Waals surface area (Å²) in [5.74, 6) is -0.804. The van der Waals surface area contributed by atoms with Crippen LogP contribution in [0.1, 0.15) is 44.0 Å². The Hall–Kier alpha value is -3.43. The van der Waals surface area contributed by atoms with Crippen LogP contribution in [-0.4, -0.2) is 64.3 Å². The summed E-state index contributed by atoms with van der Waals surface area (Å²) in [6, 6.07) is 5.80. The molecule has 0 bridgehead atoms. The van der Waals surface area contributed by atoms with Gasteiger partial charge < -0.3 is 25.0 Å². The molecule has 2 N–H and O–H groups in total. The van der Waals surface area contributed by atoms with Crippen molar-refractivity contribution < 1.29 is 23.8 Å². The third-order valence-electron chi connectivity index (χ3n) is 5.33. The number of halogens is 1. The monoisotopic (exact) mass is 459 g/mol. The van der Waals surface area contributed by atoms with Crippen molar-refractivity contribution in [3.8, 4) is 0 Å². The fourth-order valence-electron chi connectivity index (χ4n) is 3.66. The Labute approximate surface area is 192 Å². The second-order valence-corrected chi connectivity index (χ2v) is 9.15. The number of likely N-dealkylation sites (tertiary alicyclic amines) is 1. The second kappa shape index (κ2) is 10.0. The summed E-state index contributed by atoms with van der Waals surface area (Å²) in [6.45, 7) is 7.59. The SMILES string of the molecule is CN(CC1CCN(C(=O)OC(C)(C)C)CC1)c1cc(Nc2cccc(C(=O)O)c2F)ncn1. The van der Waals surface area contributed by atoms with Gasteiger partial charge in [0, 0.05) is 32.7 Å². The standard InChI is InChI=1S/C23H30FN5O4/c1-23(2,3)33-22(32)29-10-8-15(9-11-29)13-28(4)19-12-18(25-14-26-19)27-17-7-5-6-16(20(17)24)21(30)31/h5-7,12,14-15H,8-11,13H2,1-4H3,(H,30,31)(H,25,26,27). The van der Waals surface area contributed by atoms with E-state index in [-0.39, 0.29) is 11.8 Å². The molecule has 33 heavy (non-hydrogen) atoms. The van der Waals surface area contributed by atoms with Crippen LogP contribution in [0.15, 0.2) is 30.6 Å². The van der Waals surface area contributed by atoms with Gasteiger partial charge in [-0.25, -0.2) is 23.9 Å². The molecule has 9 nitrogen and oxygen atoms in total. The van der Waals surface area contributed by atoms with Crippen LogP contribution < -0.4 is 10.2 Å². The third-order valence-corrected chi connectivity index (χ3v) is 5.33. The van der Waals surface area contributed by atoms with Crippen LogP contribution in [0.2, 0.25) is 0 Å². The Bertz CT molecular complexity index is 1000. The van der Waals surface area contributed by atoms with Gasteiger partial charge in [0.05, 0.1) is 11.3 Å². The molecule has 1 fully saturated rings. The number of anilines is 3. The fraction of sp³-hybridized carbons (Fsp3) is 0.478. The van der Waals surface area contributed by atoms with E-state index >= 15 is 0 Å². The van der Waals surface area contributed by atoms with Crippen LogP contribution in [0.5, 0.6) is 0 Å². The molecular weight excluding hydrogens is 429 g/mol. The number of rotatable bonds is 6. The number of ether oxygens (including phenoxy) is 1. The van der Waals surface area contributed by atoms with Gasteiger partial charge in [-0.1, -0.05) is 6.07 Å². The molecular formula is C23H30FN5O4. The Balaban J connectivity index is 1.59. The highest BCUT2D eigenvalue weighted by molar-refractivity contribution is 5.89. The summed E-state index contributed by atoms with van der Waals surface area (Å²) in [4.78, 5) is 35.5. The first-order valence-electron chi connectivity index (χ1n) is 10.8. The Kier molecular flexibility index (Phi) is 7.35. The Morgan fingerprint density at radius 3 is 2.61 bits per heavy atom. The first-order chi connectivity index (χ1) is 15.5. The molecule has 1 aliphatic rings. The highest BCUT2D eigenvalue weighted by Gasteiger charge is 2.27. The molecule has 1 aromatic carbocycles. The van der Waals surface area contributed by atoms with Gasteiger partial charge in [-0.2, -0.15) is 0 Å². The Morgan fingerprint density at radius 1 is 1.27 bits per heavy atom. The van der Waals surface area contributed by atoms with E-state index in [9.17, 15) is 14.0 Å². The van der Waals surface area contributed by atoms with Crippen molar-refractivity contribution in [2.45, 2.75) is 39.2 Å². The van der Waals surface area contributed by atoms with Crippen molar-refractivity contribution in [2.75, 3.05) is 36.9 Å².